The standard InChI is InChI=1S/C16H15N3O3/c1-18(14-7-9-15(10-8-14)19(21)22)17-12-11-16(20)13-5-3-2-4-6-13/h2-10,12H,11H2,1H3/b17-12+. The molecule has 0 bridgehead atoms. The molecule has 0 aromatic heterocycles. The van der Waals surface area contributed by atoms with Gasteiger partial charge in [-0.2, -0.15) is 5.10 Å². The van der Waals surface area contributed by atoms with Gasteiger partial charge in [-0.05, 0) is 12.1 Å². The van der Waals surface area contributed by atoms with E-state index in [-0.39, 0.29) is 17.9 Å². The molecule has 0 N–H and O–H groups in total. The molecule has 6 nitrogen and oxygen atoms in total. The summed E-state index contributed by atoms with van der Waals surface area (Å²) in [5.74, 6) is -0.0125. The molecule has 0 saturated heterocycles. The number of nitrogens with zero attached hydrogens (tertiary/aromatic N) is 3. The zero-order chi connectivity index (χ0) is 15.9. The summed E-state index contributed by atoms with van der Waals surface area (Å²) in [4.78, 5) is 22.0. The van der Waals surface area contributed by atoms with Crippen LogP contribution in [0.5, 0.6) is 0 Å². The Balaban J connectivity index is 1.95. The van der Waals surface area contributed by atoms with Crippen molar-refractivity contribution in [2.75, 3.05) is 12.1 Å². The minimum atomic E-state index is -0.453. The molecular formula is C16H15N3O3. The number of hydrogen-bond donors (Lipinski definition) is 0. The van der Waals surface area contributed by atoms with Crippen LogP contribution in [0.2, 0.25) is 0 Å². The second kappa shape index (κ2) is 7.12. The summed E-state index contributed by atoms with van der Waals surface area (Å²) in [6.45, 7) is 0. The quantitative estimate of drug-likeness (QED) is 0.355. The predicted molar refractivity (Wildman–Crippen MR) is 85.4 cm³/mol. The first-order chi connectivity index (χ1) is 10.6. The molecular weight excluding hydrogens is 282 g/mol. The maximum Gasteiger partial charge on any atom is 0.269 e. The molecule has 0 aliphatic heterocycles. The van der Waals surface area contributed by atoms with Crippen molar-refractivity contribution >= 4 is 23.4 Å². The molecule has 0 atom stereocenters. The SMILES string of the molecule is CN(/N=C/CC(=O)c1ccccc1)c1ccc([N+](=O)[O-])cc1. The third-order valence-electron chi connectivity index (χ3n) is 3.06. The van der Waals surface area contributed by atoms with Crippen molar-refractivity contribution in [3.05, 3.63) is 70.3 Å². The van der Waals surface area contributed by atoms with Gasteiger partial charge in [0.2, 0.25) is 0 Å². The van der Waals surface area contributed by atoms with Gasteiger partial charge in [0.05, 0.1) is 10.6 Å². The van der Waals surface area contributed by atoms with E-state index in [2.05, 4.69) is 5.10 Å². The van der Waals surface area contributed by atoms with E-state index in [4.69, 9.17) is 0 Å². The number of rotatable bonds is 6. The lowest BCUT2D eigenvalue weighted by atomic mass is 10.1. The molecule has 2 aromatic rings. The van der Waals surface area contributed by atoms with Gasteiger partial charge in [0, 0.05) is 37.4 Å². The number of Topliss-reactive ketones (excluding diaryl/α,β-unsaturated/α-hetero) is 1. The number of benzene rings is 2. The van der Waals surface area contributed by atoms with Gasteiger partial charge >= 0.3 is 0 Å². The second-order valence-corrected chi connectivity index (χ2v) is 4.59. The first-order valence-corrected chi connectivity index (χ1v) is 6.67. The van der Waals surface area contributed by atoms with E-state index in [1.165, 1.54) is 18.3 Å². The van der Waals surface area contributed by atoms with Crippen molar-refractivity contribution < 1.29 is 9.72 Å². The first-order valence-electron chi connectivity index (χ1n) is 6.67. The van der Waals surface area contributed by atoms with Crippen molar-refractivity contribution in [2.24, 2.45) is 5.10 Å². The number of ketones is 1. The molecule has 0 saturated carbocycles. The molecule has 0 spiro atoms. The molecule has 0 amide bonds. The smallest absolute Gasteiger partial charge is 0.269 e. The van der Waals surface area contributed by atoms with Gasteiger partial charge < -0.3 is 0 Å². The molecule has 6 heteroatoms. The summed E-state index contributed by atoms with van der Waals surface area (Å²) < 4.78 is 0. The van der Waals surface area contributed by atoms with Gasteiger partial charge in [0.1, 0.15) is 0 Å². The lowest BCUT2D eigenvalue weighted by molar-refractivity contribution is -0.384. The van der Waals surface area contributed by atoms with Gasteiger partial charge in [-0.25, -0.2) is 0 Å². The van der Waals surface area contributed by atoms with Gasteiger partial charge in [-0.1, -0.05) is 30.3 Å². The Morgan fingerprint density at radius 2 is 1.82 bits per heavy atom. The number of non-ortho nitro benzene ring substituents is 1. The monoisotopic (exact) mass is 297 g/mol. The zero-order valence-corrected chi connectivity index (χ0v) is 12.0. The fraction of sp³-hybridized carbons (Fsp3) is 0.125. The van der Waals surface area contributed by atoms with E-state index < -0.39 is 4.92 Å². The van der Waals surface area contributed by atoms with Crippen LogP contribution in [0.15, 0.2) is 59.7 Å². The Kier molecular flexibility index (Phi) is 4.98. The molecule has 0 aliphatic rings. The minimum Gasteiger partial charge on any atom is -0.294 e. The summed E-state index contributed by atoms with van der Waals surface area (Å²) in [6, 6.07) is 15.0. The summed E-state index contributed by atoms with van der Waals surface area (Å²) in [7, 11) is 1.71. The molecule has 0 aliphatic carbocycles. The van der Waals surface area contributed by atoms with Crippen LogP contribution in [0.4, 0.5) is 11.4 Å². The van der Waals surface area contributed by atoms with E-state index in [1.54, 1.807) is 36.3 Å². The van der Waals surface area contributed by atoms with Crippen molar-refractivity contribution in [3.8, 4) is 0 Å². The first kappa shape index (κ1) is 15.4. The Labute approximate surface area is 127 Å². The van der Waals surface area contributed by atoms with Crippen LogP contribution in [0.1, 0.15) is 16.8 Å². The van der Waals surface area contributed by atoms with Crippen molar-refractivity contribution in [1.82, 2.24) is 0 Å². The van der Waals surface area contributed by atoms with Gasteiger partial charge in [-0.15, -0.1) is 0 Å². The maximum absolute atomic E-state index is 11.9. The Morgan fingerprint density at radius 1 is 1.18 bits per heavy atom. The highest BCUT2D eigenvalue weighted by atomic mass is 16.6. The fourth-order valence-electron chi connectivity index (χ4n) is 1.84. The molecule has 0 unspecified atom stereocenters. The fourth-order valence-corrected chi connectivity index (χ4v) is 1.84. The van der Waals surface area contributed by atoms with Gasteiger partial charge in [0.25, 0.3) is 5.69 Å². The molecule has 112 valence electrons. The van der Waals surface area contributed by atoms with Crippen LogP contribution in [0, 0.1) is 10.1 Å². The average Bonchev–Trinajstić information content (AvgIpc) is 2.55. The Bertz CT molecular complexity index is 682. The lowest BCUT2D eigenvalue weighted by Crippen LogP contribution is -2.09. The third-order valence-corrected chi connectivity index (χ3v) is 3.06. The Morgan fingerprint density at radius 3 is 2.41 bits per heavy atom. The number of nitro groups is 1. The van der Waals surface area contributed by atoms with E-state index in [1.807, 2.05) is 18.2 Å². The van der Waals surface area contributed by atoms with Crippen molar-refractivity contribution in [2.45, 2.75) is 6.42 Å². The zero-order valence-electron chi connectivity index (χ0n) is 12.0. The number of hydrazone groups is 1. The van der Waals surface area contributed by atoms with Gasteiger partial charge in [-0.3, -0.25) is 19.9 Å². The average molecular weight is 297 g/mol. The Hall–Kier alpha value is -3.02. The van der Waals surface area contributed by atoms with Crippen molar-refractivity contribution in [1.29, 1.82) is 0 Å². The molecule has 0 radical (unpaired) electrons. The molecule has 2 aromatic carbocycles. The van der Waals surface area contributed by atoms with Crippen LogP contribution >= 0.6 is 0 Å². The van der Waals surface area contributed by atoms with Crippen molar-refractivity contribution in [3.63, 3.8) is 0 Å². The van der Waals surface area contributed by atoms with Crippen LogP contribution < -0.4 is 5.01 Å². The topological polar surface area (TPSA) is 75.8 Å². The highest BCUT2D eigenvalue weighted by molar-refractivity contribution is 6.03. The number of nitro benzene ring substituents is 1. The second-order valence-electron chi connectivity index (χ2n) is 4.59. The summed E-state index contributed by atoms with van der Waals surface area (Å²) in [6.07, 6.45) is 1.72. The maximum atomic E-state index is 11.9. The largest absolute Gasteiger partial charge is 0.294 e. The number of hydrogen-bond acceptors (Lipinski definition) is 5. The van der Waals surface area contributed by atoms with E-state index in [0.29, 0.717) is 11.3 Å². The third kappa shape index (κ3) is 3.99. The summed E-state index contributed by atoms with van der Waals surface area (Å²) in [5.41, 5.74) is 1.38. The predicted octanol–water partition coefficient (Wildman–Crippen LogP) is 3.29. The lowest BCUT2D eigenvalue weighted by Gasteiger charge is -2.12. The highest BCUT2D eigenvalue weighted by Gasteiger charge is 2.06. The minimum absolute atomic E-state index is 0.0125. The van der Waals surface area contributed by atoms with Gasteiger partial charge in [0.15, 0.2) is 5.78 Å². The highest BCUT2D eigenvalue weighted by Crippen LogP contribution is 2.18. The van der Waals surface area contributed by atoms with Crippen LogP contribution in [0.3, 0.4) is 0 Å². The van der Waals surface area contributed by atoms with Crippen LogP contribution in [0.25, 0.3) is 0 Å². The van der Waals surface area contributed by atoms with Crippen LogP contribution in [-0.2, 0) is 0 Å². The summed E-state index contributed by atoms with van der Waals surface area (Å²) >= 11 is 0. The van der Waals surface area contributed by atoms with E-state index >= 15 is 0 Å². The molecule has 0 heterocycles. The van der Waals surface area contributed by atoms with Crippen LogP contribution in [-0.4, -0.2) is 24.0 Å². The van der Waals surface area contributed by atoms with E-state index in [9.17, 15) is 14.9 Å². The summed E-state index contributed by atoms with van der Waals surface area (Å²) in [5, 5.41) is 16.3. The normalized spacial score (nSPS) is 10.6. The number of anilines is 1. The molecule has 22 heavy (non-hydrogen) atoms. The molecule has 2 rings (SSSR count). The number of carbonyl (C=O) groups is 1. The molecule has 0 fully saturated rings. The number of carbonyl (C=O) groups excluding carboxylic acids is 1. The van der Waals surface area contributed by atoms with E-state index in [0.717, 1.165) is 0 Å².